The first-order chi connectivity index (χ1) is 20.0. The van der Waals surface area contributed by atoms with Crippen LogP contribution in [0.1, 0.15) is 6.92 Å². The quantitative estimate of drug-likeness (QED) is 0.179. The summed E-state index contributed by atoms with van der Waals surface area (Å²) in [7, 11) is 1.52. The molecule has 0 saturated carbocycles. The van der Waals surface area contributed by atoms with E-state index >= 15 is 0 Å². The third-order valence-corrected chi connectivity index (χ3v) is 7.31. The van der Waals surface area contributed by atoms with Gasteiger partial charge in [0.05, 0.1) is 19.8 Å². The molecule has 0 spiro atoms. The van der Waals surface area contributed by atoms with Gasteiger partial charge in [-0.3, -0.25) is 4.79 Å². The van der Waals surface area contributed by atoms with Crippen LogP contribution in [-0.2, 0) is 14.2 Å². The van der Waals surface area contributed by atoms with Crippen molar-refractivity contribution >= 4 is 11.0 Å². The minimum Gasteiger partial charge on any atom is -0.507 e. The molecular weight excluding hydrogens is 560 g/mol. The zero-order valence-corrected chi connectivity index (χ0v) is 22.5. The summed E-state index contributed by atoms with van der Waals surface area (Å²) in [4.78, 5) is 12.8. The Morgan fingerprint density at radius 3 is 2.14 bits per heavy atom. The summed E-state index contributed by atoms with van der Waals surface area (Å²) in [6, 6.07) is 10.4. The molecule has 0 unspecified atom stereocenters. The third kappa shape index (κ3) is 5.81. The lowest BCUT2D eigenvalue weighted by molar-refractivity contribution is -0.318. The van der Waals surface area contributed by atoms with Gasteiger partial charge in [0.1, 0.15) is 76.7 Å². The van der Waals surface area contributed by atoms with Crippen molar-refractivity contribution in [3.05, 3.63) is 52.7 Å². The molecular formula is C28H32O14. The van der Waals surface area contributed by atoms with E-state index < -0.39 is 79.2 Å². The Labute approximate surface area is 238 Å². The van der Waals surface area contributed by atoms with E-state index in [-0.39, 0.29) is 22.5 Å². The van der Waals surface area contributed by atoms with Crippen LogP contribution in [0.5, 0.6) is 17.2 Å². The maximum Gasteiger partial charge on any atom is 0.229 e. The molecule has 0 aliphatic carbocycles. The lowest BCUT2D eigenvalue weighted by Crippen LogP contribution is -2.61. The third-order valence-electron chi connectivity index (χ3n) is 7.31. The topological polar surface area (TPSA) is 218 Å². The highest BCUT2D eigenvalue weighted by molar-refractivity contribution is 5.86. The van der Waals surface area contributed by atoms with Crippen LogP contribution in [0.15, 0.2) is 51.7 Å². The number of phenols is 1. The van der Waals surface area contributed by atoms with E-state index in [2.05, 4.69) is 0 Å². The number of aromatic hydroxyl groups is 1. The van der Waals surface area contributed by atoms with E-state index in [9.17, 15) is 40.5 Å². The largest absolute Gasteiger partial charge is 0.507 e. The van der Waals surface area contributed by atoms with Crippen molar-refractivity contribution in [1.29, 1.82) is 0 Å². The monoisotopic (exact) mass is 592 g/mol. The fraction of sp³-hybridized carbons (Fsp3) is 0.464. The predicted molar refractivity (Wildman–Crippen MR) is 142 cm³/mol. The summed E-state index contributed by atoms with van der Waals surface area (Å²) < 4.78 is 33.2. The second-order valence-corrected chi connectivity index (χ2v) is 10.2. The number of aliphatic hydroxyl groups excluding tert-OH is 6. The van der Waals surface area contributed by atoms with Gasteiger partial charge in [-0.1, -0.05) is 0 Å². The van der Waals surface area contributed by atoms with Crippen LogP contribution in [0, 0.1) is 0 Å². The number of fused-ring (bicyclic) bond motifs is 1. The van der Waals surface area contributed by atoms with Gasteiger partial charge in [-0.15, -0.1) is 0 Å². The van der Waals surface area contributed by atoms with Crippen molar-refractivity contribution < 1.29 is 63.8 Å². The lowest BCUT2D eigenvalue weighted by atomic mass is 9.98. The van der Waals surface area contributed by atoms with Gasteiger partial charge in [0.2, 0.25) is 6.29 Å². The SMILES string of the molecule is COc1ccc(-c2cc(=O)c3c(O)cc(O[C@@H]4O[C@H](CO[C@@H]5O[C@H](C)[C@H](O)[C@@H](O)[C@H]5O)[C@@H](O)[C@@H](O)[C@@H]4O)cc3o2)cc1. The molecule has 5 rings (SSSR count). The van der Waals surface area contributed by atoms with Crippen LogP contribution in [0.4, 0.5) is 0 Å². The number of ether oxygens (including phenoxy) is 5. The number of hydrogen-bond donors (Lipinski definition) is 7. The van der Waals surface area contributed by atoms with Crippen molar-refractivity contribution in [2.45, 2.75) is 68.3 Å². The Bertz CT molecular complexity index is 1440. The normalized spacial score (nSPS) is 33.4. The zero-order chi connectivity index (χ0) is 30.3. The maximum atomic E-state index is 12.8. The zero-order valence-electron chi connectivity index (χ0n) is 22.5. The number of methoxy groups -OCH3 is 1. The van der Waals surface area contributed by atoms with Gasteiger partial charge in [0, 0.05) is 23.8 Å². The molecule has 42 heavy (non-hydrogen) atoms. The first-order valence-electron chi connectivity index (χ1n) is 13.1. The Morgan fingerprint density at radius 1 is 0.786 bits per heavy atom. The Morgan fingerprint density at radius 2 is 1.45 bits per heavy atom. The minimum absolute atomic E-state index is 0.0348. The molecule has 2 saturated heterocycles. The molecule has 2 fully saturated rings. The second-order valence-electron chi connectivity index (χ2n) is 10.2. The second kappa shape index (κ2) is 12.1. The summed E-state index contributed by atoms with van der Waals surface area (Å²) in [5.74, 6) is 0.238. The van der Waals surface area contributed by atoms with E-state index in [0.717, 1.165) is 6.07 Å². The Hall–Kier alpha value is -3.31. The van der Waals surface area contributed by atoms with Crippen molar-refractivity contribution in [3.8, 4) is 28.6 Å². The van der Waals surface area contributed by atoms with Gasteiger partial charge < -0.3 is 63.8 Å². The summed E-state index contributed by atoms with van der Waals surface area (Å²) in [5, 5.41) is 71.9. The minimum atomic E-state index is -1.76. The van der Waals surface area contributed by atoms with E-state index in [1.165, 1.54) is 26.2 Å². The maximum absolute atomic E-state index is 12.8. The number of benzene rings is 2. The molecule has 0 bridgehead atoms. The molecule has 3 heterocycles. The van der Waals surface area contributed by atoms with E-state index in [0.29, 0.717) is 11.3 Å². The van der Waals surface area contributed by atoms with E-state index in [4.69, 9.17) is 28.1 Å². The first kappa shape index (κ1) is 30.2. The van der Waals surface area contributed by atoms with Crippen LogP contribution in [0.3, 0.4) is 0 Å². The Balaban J connectivity index is 1.35. The number of hydrogen-bond acceptors (Lipinski definition) is 14. The van der Waals surface area contributed by atoms with Crippen LogP contribution >= 0.6 is 0 Å². The highest BCUT2D eigenvalue weighted by Crippen LogP contribution is 2.34. The highest BCUT2D eigenvalue weighted by Gasteiger charge is 2.47. The van der Waals surface area contributed by atoms with Crippen LogP contribution < -0.4 is 14.9 Å². The van der Waals surface area contributed by atoms with Gasteiger partial charge in [0.25, 0.3) is 0 Å². The fourth-order valence-electron chi connectivity index (χ4n) is 4.84. The molecule has 0 radical (unpaired) electrons. The molecule has 3 aromatic rings. The van der Waals surface area contributed by atoms with Crippen LogP contribution in [0.2, 0.25) is 0 Å². The molecule has 10 atom stereocenters. The van der Waals surface area contributed by atoms with Crippen LogP contribution in [-0.4, -0.2) is 111 Å². The van der Waals surface area contributed by atoms with Crippen molar-refractivity contribution in [3.63, 3.8) is 0 Å². The smallest absolute Gasteiger partial charge is 0.229 e. The first-order valence-corrected chi connectivity index (χ1v) is 13.1. The fourth-order valence-corrected chi connectivity index (χ4v) is 4.84. The molecule has 1 aromatic heterocycles. The molecule has 2 aliphatic heterocycles. The average Bonchev–Trinajstić information content (AvgIpc) is 2.97. The van der Waals surface area contributed by atoms with Crippen molar-refractivity contribution in [2.24, 2.45) is 0 Å². The average molecular weight is 593 g/mol. The number of rotatable bonds is 7. The molecule has 2 aliphatic rings. The molecule has 0 amide bonds. The summed E-state index contributed by atoms with van der Waals surface area (Å²) in [6.07, 6.45) is -14.8. The summed E-state index contributed by atoms with van der Waals surface area (Å²) in [6.45, 7) is 0.984. The Kier molecular flexibility index (Phi) is 8.71. The molecule has 7 N–H and O–H groups in total. The van der Waals surface area contributed by atoms with Gasteiger partial charge in [0.15, 0.2) is 11.7 Å². The van der Waals surface area contributed by atoms with Crippen molar-refractivity contribution in [1.82, 2.24) is 0 Å². The summed E-state index contributed by atoms with van der Waals surface area (Å²) >= 11 is 0. The highest BCUT2D eigenvalue weighted by atomic mass is 16.7. The van der Waals surface area contributed by atoms with Crippen LogP contribution in [0.25, 0.3) is 22.3 Å². The predicted octanol–water partition coefficient (Wildman–Crippen LogP) is -0.795. The van der Waals surface area contributed by atoms with E-state index in [1.807, 2.05) is 0 Å². The molecule has 2 aromatic carbocycles. The molecule has 14 nitrogen and oxygen atoms in total. The van der Waals surface area contributed by atoms with Crippen molar-refractivity contribution in [2.75, 3.05) is 13.7 Å². The summed E-state index contributed by atoms with van der Waals surface area (Å²) in [5.41, 5.74) is 0.0115. The molecule has 14 heteroatoms. The standard InChI is InChI=1S/C28H32O14/c1-11-21(31)23(33)25(35)27(39-11)38-10-19-22(32)24(34)26(36)28(42-19)40-14-7-15(29)20-16(30)9-17(41-18(20)8-14)12-3-5-13(37-2)6-4-12/h3-9,11,19,21-29,31-36H,10H2,1-2H3/t11-,19-,21+,22-,23-,24-,25-,26+,27-,28-/m1/s1. The van der Waals surface area contributed by atoms with Gasteiger partial charge in [-0.2, -0.15) is 0 Å². The van der Waals surface area contributed by atoms with Gasteiger partial charge >= 0.3 is 0 Å². The van der Waals surface area contributed by atoms with Gasteiger partial charge in [-0.05, 0) is 31.2 Å². The van der Waals surface area contributed by atoms with Gasteiger partial charge in [-0.25, -0.2) is 0 Å². The lowest BCUT2D eigenvalue weighted by Gasteiger charge is -2.42. The van der Waals surface area contributed by atoms with E-state index in [1.54, 1.807) is 24.3 Å². The molecule has 228 valence electrons. The number of aliphatic hydroxyl groups is 6. The number of phenolic OH excluding ortho intramolecular Hbond substituents is 1.